The number of rotatable bonds is 10. The van der Waals surface area contributed by atoms with Gasteiger partial charge in [0.25, 0.3) is 11.8 Å². The van der Waals surface area contributed by atoms with Gasteiger partial charge in [0.1, 0.15) is 5.70 Å². The first-order valence-corrected chi connectivity index (χ1v) is 14.8. The summed E-state index contributed by atoms with van der Waals surface area (Å²) in [4.78, 5) is 39.5. The zero-order valence-corrected chi connectivity index (χ0v) is 25.1. The second-order valence-electron chi connectivity index (χ2n) is 9.53. The standard InChI is InChI=1S/C33H30BrN3O3S/c1-22(2)24-13-11-23(12-14-24)19-30(37-32(39)25-7-4-3-5-8-25)33(40)36-28-9-6-10-29(20-28)41-21-31(38)35-27-17-15-26(34)16-18-27/h3-20,22H,21H2,1-2H3,(H,35,38)(H,36,40)(H,37,39)/b30-19+. The fourth-order valence-electron chi connectivity index (χ4n) is 3.83. The van der Waals surface area contributed by atoms with Crippen LogP contribution in [0.4, 0.5) is 11.4 Å². The Hall–Kier alpha value is -4.14. The minimum Gasteiger partial charge on any atom is -0.325 e. The lowest BCUT2D eigenvalue weighted by Crippen LogP contribution is -2.30. The summed E-state index contributed by atoms with van der Waals surface area (Å²) in [5.74, 6) is -0.392. The van der Waals surface area contributed by atoms with Crippen LogP contribution in [0.5, 0.6) is 0 Å². The predicted molar refractivity (Wildman–Crippen MR) is 171 cm³/mol. The quantitative estimate of drug-likeness (QED) is 0.124. The molecule has 0 unspecified atom stereocenters. The van der Waals surface area contributed by atoms with Crippen LogP contribution >= 0.6 is 27.7 Å². The van der Waals surface area contributed by atoms with Crippen molar-refractivity contribution in [2.45, 2.75) is 24.7 Å². The Morgan fingerprint density at radius 1 is 0.805 bits per heavy atom. The van der Waals surface area contributed by atoms with Gasteiger partial charge in [0, 0.05) is 26.3 Å². The van der Waals surface area contributed by atoms with Gasteiger partial charge in [-0.05, 0) is 77.7 Å². The first-order valence-electron chi connectivity index (χ1n) is 13.0. The third kappa shape index (κ3) is 9.20. The van der Waals surface area contributed by atoms with Gasteiger partial charge in [-0.25, -0.2) is 0 Å². The van der Waals surface area contributed by atoms with Crippen molar-refractivity contribution < 1.29 is 14.4 Å². The molecule has 41 heavy (non-hydrogen) atoms. The van der Waals surface area contributed by atoms with Crippen molar-refractivity contribution in [2.75, 3.05) is 16.4 Å². The summed E-state index contributed by atoms with van der Waals surface area (Å²) < 4.78 is 0.936. The van der Waals surface area contributed by atoms with E-state index >= 15 is 0 Å². The Labute approximate surface area is 252 Å². The smallest absolute Gasteiger partial charge is 0.272 e. The minimum atomic E-state index is -0.461. The molecule has 0 bridgehead atoms. The molecule has 6 nitrogen and oxygen atoms in total. The summed E-state index contributed by atoms with van der Waals surface area (Å²) in [7, 11) is 0. The zero-order chi connectivity index (χ0) is 29.2. The van der Waals surface area contributed by atoms with Crippen molar-refractivity contribution in [1.29, 1.82) is 0 Å². The van der Waals surface area contributed by atoms with Gasteiger partial charge in [-0.2, -0.15) is 0 Å². The molecule has 0 aliphatic carbocycles. The molecule has 3 N–H and O–H groups in total. The number of hydrogen-bond acceptors (Lipinski definition) is 4. The van der Waals surface area contributed by atoms with Crippen LogP contribution in [-0.4, -0.2) is 23.5 Å². The summed E-state index contributed by atoms with van der Waals surface area (Å²) in [5, 5.41) is 8.52. The van der Waals surface area contributed by atoms with Gasteiger partial charge in [0.05, 0.1) is 5.75 Å². The lowest BCUT2D eigenvalue weighted by molar-refractivity contribution is -0.114. The van der Waals surface area contributed by atoms with Crippen LogP contribution in [0.15, 0.2) is 118 Å². The number of halogens is 1. The van der Waals surface area contributed by atoms with Crippen molar-refractivity contribution in [3.05, 3.63) is 130 Å². The SMILES string of the molecule is CC(C)c1ccc(/C=C(/NC(=O)c2ccccc2)C(=O)Nc2cccc(SCC(=O)Nc3ccc(Br)cc3)c2)cc1. The van der Waals surface area contributed by atoms with Gasteiger partial charge >= 0.3 is 0 Å². The normalized spacial score (nSPS) is 11.2. The van der Waals surface area contributed by atoms with Crippen LogP contribution in [0.3, 0.4) is 0 Å². The number of amides is 3. The summed E-state index contributed by atoms with van der Waals surface area (Å²) in [6.45, 7) is 4.23. The highest BCUT2D eigenvalue weighted by atomic mass is 79.9. The van der Waals surface area contributed by atoms with Crippen LogP contribution in [0.1, 0.15) is 41.3 Å². The van der Waals surface area contributed by atoms with Crippen LogP contribution in [0.2, 0.25) is 0 Å². The van der Waals surface area contributed by atoms with E-state index < -0.39 is 5.91 Å². The average Bonchev–Trinajstić information content (AvgIpc) is 2.98. The van der Waals surface area contributed by atoms with Crippen LogP contribution in [-0.2, 0) is 9.59 Å². The highest BCUT2D eigenvalue weighted by molar-refractivity contribution is 9.10. The Kier molecular flexibility index (Phi) is 10.5. The van der Waals surface area contributed by atoms with E-state index in [9.17, 15) is 14.4 Å². The molecule has 0 spiro atoms. The molecular formula is C33H30BrN3O3S. The number of thioether (sulfide) groups is 1. The fraction of sp³-hybridized carbons (Fsp3) is 0.121. The van der Waals surface area contributed by atoms with Crippen molar-refractivity contribution in [3.8, 4) is 0 Å². The van der Waals surface area contributed by atoms with Crippen molar-refractivity contribution >= 4 is 62.9 Å². The number of anilines is 2. The Morgan fingerprint density at radius 2 is 1.51 bits per heavy atom. The topological polar surface area (TPSA) is 87.3 Å². The van der Waals surface area contributed by atoms with Crippen molar-refractivity contribution in [2.24, 2.45) is 0 Å². The molecular weight excluding hydrogens is 598 g/mol. The summed E-state index contributed by atoms with van der Waals surface area (Å²) in [5.41, 5.74) is 3.79. The molecule has 0 atom stereocenters. The molecule has 0 aliphatic rings. The molecule has 0 fully saturated rings. The molecule has 3 amide bonds. The molecule has 4 aromatic rings. The van der Waals surface area contributed by atoms with E-state index in [0.29, 0.717) is 17.2 Å². The predicted octanol–water partition coefficient (Wildman–Crippen LogP) is 7.71. The van der Waals surface area contributed by atoms with Gasteiger partial charge in [-0.1, -0.05) is 78.3 Å². The maximum atomic E-state index is 13.4. The first-order chi connectivity index (χ1) is 19.8. The molecule has 0 heterocycles. The third-order valence-corrected chi connectivity index (χ3v) is 7.56. The van der Waals surface area contributed by atoms with E-state index in [4.69, 9.17) is 0 Å². The number of carbonyl (C=O) groups excluding carboxylic acids is 3. The first kappa shape index (κ1) is 29.8. The maximum Gasteiger partial charge on any atom is 0.272 e. The lowest BCUT2D eigenvalue weighted by Gasteiger charge is -2.13. The van der Waals surface area contributed by atoms with E-state index in [-0.39, 0.29) is 23.3 Å². The summed E-state index contributed by atoms with van der Waals surface area (Å²) in [6.07, 6.45) is 1.66. The minimum absolute atomic E-state index is 0.114. The van der Waals surface area contributed by atoms with E-state index in [1.54, 1.807) is 48.5 Å². The molecule has 0 aliphatic heterocycles. The fourth-order valence-corrected chi connectivity index (χ4v) is 4.85. The van der Waals surface area contributed by atoms with Crippen molar-refractivity contribution in [3.63, 3.8) is 0 Å². The van der Waals surface area contributed by atoms with E-state index in [1.165, 1.54) is 17.3 Å². The summed E-state index contributed by atoms with van der Waals surface area (Å²) >= 11 is 4.74. The van der Waals surface area contributed by atoms with Gasteiger partial charge < -0.3 is 16.0 Å². The number of benzene rings is 4. The Bertz CT molecular complexity index is 1540. The molecule has 4 rings (SSSR count). The largest absolute Gasteiger partial charge is 0.325 e. The molecule has 0 saturated carbocycles. The Morgan fingerprint density at radius 3 is 2.20 bits per heavy atom. The van der Waals surface area contributed by atoms with Crippen LogP contribution in [0, 0.1) is 0 Å². The van der Waals surface area contributed by atoms with Gasteiger partial charge in [-0.3, -0.25) is 14.4 Å². The lowest BCUT2D eigenvalue weighted by atomic mass is 10.0. The average molecular weight is 629 g/mol. The highest BCUT2D eigenvalue weighted by Gasteiger charge is 2.16. The van der Waals surface area contributed by atoms with Crippen molar-refractivity contribution in [1.82, 2.24) is 5.32 Å². The number of hydrogen-bond donors (Lipinski definition) is 3. The van der Waals surface area contributed by atoms with E-state index in [0.717, 1.165) is 20.6 Å². The molecule has 4 aromatic carbocycles. The molecule has 0 aromatic heterocycles. The van der Waals surface area contributed by atoms with Gasteiger partial charge in [0.2, 0.25) is 5.91 Å². The molecule has 0 saturated heterocycles. The number of carbonyl (C=O) groups is 3. The number of nitrogens with one attached hydrogen (secondary N) is 3. The monoisotopic (exact) mass is 627 g/mol. The van der Waals surface area contributed by atoms with Gasteiger partial charge in [0.15, 0.2) is 0 Å². The molecule has 8 heteroatoms. The zero-order valence-electron chi connectivity index (χ0n) is 22.7. The summed E-state index contributed by atoms with van der Waals surface area (Å²) in [6, 6.07) is 31.2. The second-order valence-corrected chi connectivity index (χ2v) is 11.5. The van der Waals surface area contributed by atoms with E-state index in [1.807, 2.05) is 60.7 Å². The van der Waals surface area contributed by atoms with Crippen LogP contribution < -0.4 is 16.0 Å². The molecule has 0 radical (unpaired) electrons. The van der Waals surface area contributed by atoms with Gasteiger partial charge in [-0.15, -0.1) is 11.8 Å². The maximum absolute atomic E-state index is 13.4. The highest BCUT2D eigenvalue weighted by Crippen LogP contribution is 2.23. The molecule has 208 valence electrons. The van der Waals surface area contributed by atoms with Crippen LogP contribution in [0.25, 0.3) is 6.08 Å². The second kappa shape index (κ2) is 14.5. The third-order valence-electron chi connectivity index (χ3n) is 6.03. The van der Waals surface area contributed by atoms with E-state index in [2.05, 4.69) is 45.7 Å². The Balaban J connectivity index is 1.46.